The molecule has 0 fully saturated rings. The second-order valence-electron chi connectivity index (χ2n) is 8.33. The fourth-order valence-electron chi connectivity index (χ4n) is 5.08. The van der Waals surface area contributed by atoms with Crippen molar-refractivity contribution in [2.24, 2.45) is 0 Å². The van der Waals surface area contributed by atoms with Gasteiger partial charge in [0, 0.05) is 23.8 Å². The maximum absolute atomic E-state index is 14.0. The van der Waals surface area contributed by atoms with Gasteiger partial charge < -0.3 is 18.9 Å². The predicted octanol–water partition coefficient (Wildman–Crippen LogP) is 4.54. The third-order valence-corrected chi connectivity index (χ3v) is 6.51. The summed E-state index contributed by atoms with van der Waals surface area (Å²) in [4.78, 5) is 0. The van der Waals surface area contributed by atoms with Gasteiger partial charge in [-0.2, -0.15) is 4.57 Å². The van der Waals surface area contributed by atoms with E-state index in [0.29, 0.717) is 6.42 Å². The molecule has 4 aromatic rings. The summed E-state index contributed by atoms with van der Waals surface area (Å²) in [6, 6.07) is 15.0. The highest BCUT2D eigenvalue weighted by atomic mass is 19.1. The highest BCUT2D eigenvalue weighted by Gasteiger charge is 2.33. The van der Waals surface area contributed by atoms with Gasteiger partial charge in [0.15, 0.2) is 35.7 Å². The van der Waals surface area contributed by atoms with Crippen molar-refractivity contribution in [3.8, 4) is 34.3 Å². The lowest BCUT2D eigenvalue weighted by atomic mass is 9.88. The van der Waals surface area contributed by atoms with Gasteiger partial charge in [0.25, 0.3) is 0 Å². The second kappa shape index (κ2) is 6.60. The molecule has 0 saturated heterocycles. The SMILES string of the molecule is Fc1cccc(Cc2c3[n+](cc4c5c(ccc24)OCO5)CCc2cc4c(cc2-3)OCO4)c1. The van der Waals surface area contributed by atoms with Gasteiger partial charge in [0.2, 0.25) is 19.3 Å². The Balaban J connectivity index is 1.53. The Bertz CT molecular complexity index is 1430. The number of benzene rings is 3. The van der Waals surface area contributed by atoms with E-state index in [4.69, 9.17) is 18.9 Å². The maximum Gasteiger partial charge on any atom is 0.231 e. The minimum Gasteiger partial charge on any atom is -0.454 e. The number of aryl methyl sites for hydroxylation is 2. The van der Waals surface area contributed by atoms with Crippen LogP contribution in [0.2, 0.25) is 0 Å². The largest absolute Gasteiger partial charge is 0.454 e. The molecule has 0 unspecified atom stereocenters. The van der Waals surface area contributed by atoms with E-state index in [9.17, 15) is 4.39 Å². The third-order valence-electron chi connectivity index (χ3n) is 6.51. The number of aromatic nitrogens is 1. The van der Waals surface area contributed by atoms with Gasteiger partial charge in [-0.05, 0) is 47.5 Å². The van der Waals surface area contributed by atoms with Crippen LogP contribution in [-0.4, -0.2) is 13.6 Å². The molecule has 0 aliphatic carbocycles. The van der Waals surface area contributed by atoms with Crippen LogP contribution in [0.3, 0.4) is 0 Å². The lowest BCUT2D eigenvalue weighted by molar-refractivity contribution is -0.686. The van der Waals surface area contributed by atoms with Crippen molar-refractivity contribution in [2.45, 2.75) is 19.4 Å². The van der Waals surface area contributed by atoms with Crippen molar-refractivity contribution < 1.29 is 27.9 Å². The van der Waals surface area contributed by atoms with Gasteiger partial charge in [-0.3, -0.25) is 0 Å². The summed E-state index contributed by atoms with van der Waals surface area (Å²) in [6.45, 7) is 1.30. The molecule has 3 aliphatic heterocycles. The fraction of sp³-hybridized carbons (Fsp3) is 0.192. The van der Waals surface area contributed by atoms with Crippen molar-refractivity contribution in [1.82, 2.24) is 0 Å². The molecule has 5 nitrogen and oxygen atoms in total. The molecule has 1 aromatic heterocycles. The first-order chi connectivity index (χ1) is 15.7. The molecule has 6 heteroatoms. The van der Waals surface area contributed by atoms with E-state index < -0.39 is 0 Å². The van der Waals surface area contributed by atoms with Crippen molar-refractivity contribution in [1.29, 1.82) is 0 Å². The molecule has 32 heavy (non-hydrogen) atoms. The number of nitrogens with zero attached hydrogens (tertiary/aromatic N) is 1. The van der Waals surface area contributed by atoms with Crippen molar-refractivity contribution >= 4 is 10.8 Å². The predicted molar refractivity (Wildman–Crippen MR) is 115 cm³/mol. The molecule has 158 valence electrons. The first kappa shape index (κ1) is 17.8. The van der Waals surface area contributed by atoms with Crippen LogP contribution in [0.5, 0.6) is 23.0 Å². The van der Waals surface area contributed by atoms with Gasteiger partial charge in [-0.1, -0.05) is 12.1 Å². The Hall–Kier alpha value is -3.80. The molecule has 7 rings (SSSR count). The van der Waals surface area contributed by atoms with Crippen LogP contribution in [0, 0.1) is 5.82 Å². The molecule has 0 atom stereocenters. The number of ether oxygens (including phenoxy) is 4. The molecule has 3 aliphatic rings. The standard InChI is InChI=1S/C26H19FNO4/c27-17-3-1-2-15(8-17)9-20-18-4-5-22-26(32-14-29-22)21(18)12-28-7-6-16-10-23-24(31-13-30-23)11-19(16)25(20)28/h1-5,8,10-12H,6-7,9,13-14H2/q+1. The lowest BCUT2D eigenvalue weighted by Crippen LogP contribution is -2.41. The van der Waals surface area contributed by atoms with Gasteiger partial charge in [0.05, 0.1) is 10.9 Å². The summed E-state index contributed by atoms with van der Waals surface area (Å²) in [6.07, 6.45) is 3.64. The molecule has 3 aromatic carbocycles. The van der Waals surface area contributed by atoms with E-state index in [-0.39, 0.29) is 19.4 Å². The normalized spacial score (nSPS) is 15.0. The number of fused-ring (bicyclic) bond motifs is 7. The monoisotopic (exact) mass is 428 g/mol. The van der Waals surface area contributed by atoms with E-state index in [1.165, 1.54) is 11.6 Å². The molecule has 0 N–H and O–H groups in total. The maximum atomic E-state index is 14.0. The van der Waals surface area contributed by atoms with Crippen molar-refractivity contribution in [2.75, 3.05) is 13.6 Å². The first-order valence-corrected chi connectivity index (χ1v) is 10.7. The zero-order valence-corrected chi connectivity index (χ0v) is 17.2. The van der Waals surface area contributed by atoms with Gasteiger partial charge in [-0.25, -0.2) is 4.39 Å². The summed E-state index contributed by atoms with van der Waals surface area (Å²) >= 11 is 0. The second-order valence-corrected chi connectivity index (χ2v) is 8.33. The molecule has 4 heterocycles. The summed E-state index contributed by atoms with van der Waals surface area (Å²) in [5.41, 5.74) is 5.54. The van der Waals surface area contributed by atoms with Crippen LogP contribution in [0.4, 0.5) is 4.39 Å². The van der Waals surface area contributed by atoms with Crippen LogP contribution in [-0.2, 0) is 19.4 Å². The van der Waals surface area contributed by atoms with Crippen LogP contribution in [0.1, 0.15) is 16.7 Å². The quantitative estimate of drug-likeness (QED) is 0.440. The molecule has 0 amide bonds. The minimum absolute atomic E-state index is 0.224. The van der Waals surface area contributed by atoms with Crippen LogP contribution in [0.15, 0.2) is 54.7 Å². The molecular weight excluding hydrogens is 409 g/mol. The van der Waals surface area contributed by atoms with E-state index in [1.807, 2.05) is 12.1 Å². The Labute approximate surface area is 183 Å². The molecule has 0 radical (unpaired) electrons. The molecule has 0 saturated carbocycles. The highest BCUT2D eigenvalue weighted by molar-refractivity contribution is 5.95. The zero-order chi connectivity index (χ0) is 21.2. The number of rotatable bonds is 2. The average molecular weight is 428 g/mol. The van der Waals surface area contributed by atoms with Crippen LogP contribution >= 0.6 is 0 Å². The summed E-state index contributed by atoms with van der Waals surface area (Å²) < 4.78 is 39.0. The van der Waals surface area contributed by atoms with Crippen molar-refractivity contribution in [3.63, 3.8) is 0 Å². The lowest BCUT2D eigenvalue weighted by Gasteiger charge is -2.20. The highest BCUT2D eigenvalue weighted by Crippen LogP contribution is 2.45. The number of hydrogen-bond acceptors (Lipinski definition) is 4. The number of hydrogen-bond donors (Lipinski definition) is 0. The van der Waals surface area contributed by atoms with E-state index in [2.05, 4.69) is 29.0 Å². The zero-order valence-electron chi connectivity index (χ0n) is 17.2. The molecular formula is C26H19FNO4+. The molecule has 0 spiro atoms. The third kappa shape index (κ3) is 2.59. The van der Waals surface area contributed by atoms with Crippen LogP contribution < -0.4 is 23.5 Å². The number of halogens is 1. The van der Waals surface area contributed by atoms with Gasteiger partial charge >= 0.3 is 0 Å². The van der Waals surface area contributed by atoms with Crippen molar-refractivity contribution in [3.05, 3.63) is 77.2 Å². The Morgan fingerprint density at radius 2 is 1.69 bits per heavy atom. The summed E-state index contributed by atoms with van der Waals surface area (Å²) in [5, 5.41) is 2.09. The van der Waals surface area contributed by atoms with Gasteiger partial charge in [0.1, 0.15) is 5.82 Å². The first-order valence-electron chi connectivity index (χ1n) is 10.7. The molecule has 0 bridgehead atoms. The van der Waals surface area contributed by atoms with E-state index >= 15 is 0 Å². The Kier molecular flexibility index (Phi) is 3.68. The fourth-order valence-corrected chi connectivity index (χ4v) is 5.08. The topological polar surface area (TPSA) is 40.8 Å². The average Bonchev–Trinajstić information content (AvgIpc) is 3.46. The summed E-state index contributed by atoms with van der Waals surface area (Å²) in [5.74, 6) is 2.86. The number of pyridine rings is 1. The smallest absolute Gasteiger partial charge is 0.231 e. The van der Waals surface area contributed by atoms with Crippen LogP contribution in [0.25, 0.3) is 22.0 Å². The van der Waals surface area contributed by atoms with E-state index in [0.717, 1.165) is 69.1 Å². The Morgan fingerprint density at radius 1 is 0.844 bits per heavy atom. The van der Waals surface area contributed by atoms with Gasteiger partial charge in [-0.15, -0.1) is 0 Å². The Morgan fingerprint density at radius 3 is 2.59 bits per heavy atom. The summed E-state index contributed by atoms with van der Waals surface area (Å²) in [7, 11) is 0. The minimum atomic E-state index is -0.231. The van der Waals surface area contributed by atoms with E-state index in [1.54, 1.807) is 12.1 Å².